The average molecular weight is 370 g/mol. The minimum Gasteiger partial charge on any atom is -0.469 e. The van der Waals surface area contributed by atoms with Gasteiger partial charge in [-0.2, -0.15) is 0 Å². The van der Waals surface area contributed by atoms with E-state index in [9.17, 15) is 14.4 Å². The summed E-state index contributed by atoms with van der Waals surface area (Å²) in [6.07, 6.45) is 1.67. The van der Waals surface area contributed by atoms with Gasteiger partial charge >= 0.3 is 5.97 Å². The van der Waals surface area contributed by atoms with E-state index in [1.54, 1.807) is 29.0 Å². The van der Waals surface area contributed by atoms with Gasteiger partial charge in [-0.15, -0.1) is 11.3 Å². The highest BCUT2D eigenvalue weighted by Gasteiger charge is 2.20. The van der Waals surface area contributed by atoms with Crippen molar-refractivity contribution in [3.63, 3.8) is 0 Å². The number of nitrogens with zero attached hydrogens (tertiary/aromatic N) is 1. The summed E-state index contributed by atoms with van der Waals surface area (Å²) in [7, 11) is 1.32. The molecule has 0 radical (unpaired) electrons. The summed E-state index contributed by atoms with van der Waals surface area (Å²) < 4.78 is 6.44. The molecule has 0 spiro atoms. The van der Waals surface area contributed by atoms with Crippen LogP contribution in [0.25, 0.3) is 10.9 Å². The molecule has 1 aromatic carbocycles. The number of esters is 1. The Kier molecular flexibility index (Phi) is 5.48. The van der Waals surface area contributed by atoms with E-state index in [0.717, 1.165) is 4.88 Å². The number of nitrogens with one attached hydrogen (secondary N) is 1. The van der Waals surface area contributed by atoms with Crippen molar-refractivity contribution in [2.75, 3.05) is 7.11 Å². The molecule has 0 fully saturated rings. The Balaban J connectivity index is 1.80. The Morgan fingerprint density at radius 3 is 2.73 bits per heavy atom. The Morgan fingerprint density at radius 1 is 1.19 bits per heavy atom. The third-order valence-corrected chi connectivity index (χ3v) is 5.01. The summed E-state index contributed by atoms with van der Waals surface area (Å²) in [5.74, 6) is -0.640. The van der Waals surface area contributed by atoms with Crippen LogP contribution in [0, 0.1) is 0 Å². The highest BCUT2D eigenvalue weighted by molar-refractivity contribution is 7.10. The Hall–Kier alpha value is -2.93. The smallest absolute Gasteiger partial charge is 0.307 e. The molecule has 3 rings (SSSR count). The van der Waals surface area contributed by atoms with E-state index in [1.807, 2.05) is 23.6 Å². The number of carbonyl (C=O) groups excluding carboxylic acids is 2. The monoisotopic (exact) mass is 370 g/mol. The standard InChI is InChI=1S/C19H18N2O4S/c1-25-19(24)11-14(17-7-4-10-26-17)20-18(23)12-21-9-8-16(22)13-5-2-3-6-15(13)21/h2-10,14H,11-12H2,1H3,(H,20,23). The summed E-state index contributed by atoms with van der Waals surface area (Å²) in [4.78, 5) is 37.0. The fraction of sp³-hybridized carbons (Fsp3) is 0.211. The number of fused-ring (bicyclic) bond motifs is 1. The summed E-state index contributed by atoms with van der Waals surface area (Å²) in [5, 5.41) is 5.34. The normalized spacial score (nSPS) is 11.9. The number of amides is 1. The Bertz CT molecular complexity index is 979. The first-order valence-electron chi connectivity index (χ1n) is 8.06. The molecule has 3 aromatic rings. The number of hydrogen-bond acceptors (Lipinski definition) is 5. The number of carbonyl (C=O) groups is 2. The highest BCUT2D eigenvalue weighted by Crippen LogP contribution is 2.22. The lowest BCUT2D eigenvalue weighted by Gasteiger charge is -2.17. The van der Waals surface area contributed by atoms with Gasteiger partial charge in [-0.3, -0.25) is 14.4 Å². The van der Waals surface area contributed by atoms with Crippen LogP contribution in [0.5, 0.6) is 0 Å². The summed E-state index contributed by atoms with van der Waals surface area (Å²) in [5.41, 5.74) is 0.607. The minimum absolute atomic E-state index is 0.0455. The van der Waals surface area contributed by atoms with Gasteiger partial charge in [0.2, 0.25) is 5.91 Å². The lowest BCUT2D eigenvalue weighted by Crippen LogP contribution is -2.33. The van der Waals surface area contributed by atoms with Gasteiger partial charge in [0.15, 0.2) is 5.43 Å². The summed E-state index contributed by atoms with van der Waals surface area (Å²) >= 11 is 1.47. The molecule has 0 aliphatic heterocycles. The number of thiophene rings is 1. The molecule has 0 saturated carbocycles. The molecule has 1 unspecified atom stereocenters. The van der Waals surface area contributed by atoms with E-state index >= 15 is 0 Å². The van der Waals surface area contributed by atoms with E-state index in [-0.39, 0.29) is 24.3 Å². The van der Waals surface area contributed by atoms with E-state index in [2.05, 4.69) is 5.32 Å². The number of pyridine rings is 1. The van der Waals surface area contributed by atoms with Crippen LogP contribution in [-0.2, 0) is 20.9 Å². The SMILES string of the molecule is COC(=O)CC(NC(=O)Cn1ccc(=O)c2ccccc21)c1cccs1. The molecular formula is C19H18N2O4S. The van der Waals surface area contributed by atoms with Gasteiger partial charge in [-0.05, 0) is 23.6 Å². The third-order valence-electron chi connectivity index (χ3n) is 4.02. The molecule has 0 saturated heterocycles. The second-order valence-corrected chi connectivity index (χ2v) is 6.72. The van der Waals surface area contributed by atoms with Gasteiger partial charge in [0.25, 0.3) is 0 Å². The molecule has 7 heteroatoms. The molecule has 1 amide bonds. The van der Waals surface area contributed by atoms with Crippen LogP contribution >= 0.6 is 11.3 Å². The van der Waals surface area contributed by atoms with Crippen molar-refractivity contribution in [2.24, 2.45) is 0 Å². The zero-order chi connectivity index (χ0) is 18.5. The van der Waals surface area contributed by atoms with Crippen molar-refractivity contribution in [3.05, 3.63) is 69.1 Å². The van der Waals surface area contributed by atoms with Crippen LogP contribution in [0.4, 0.5) is 0 Å². The number of aromatic nitrogens is 1. The molecule has 2 heterocycles. The Labute approximate surface area is 154 Å². The van der Waals surface area contributed by atoms with Crippen LogP contribution in [0.3, 0.4) is 0 Å². The van der Waals surface area contributed by atoms with Crippen molar-refractivity contribution in [2.45, 2.75) is 19.0 Å². The highest BCUT2D eigenvalue weighted by atomic mass is 32.1. The van der Waals surface area contributed by atoms with E-state index in [4.69, 9.17) is 4.74 Å². The number of ether oxygens (including phenoxy) is 1. The van der Waals surface area contributed by atoms with E-state index in [0.29, 0.717) is 10.9 Å². The lowest BCUT2D eigenvalue weighted by molar-refractivity contribution is -0.141. The Morgan fingerprint density at radius 2 is 2.00 bits per heavy atom. The van der Waals surface area contributed by atoms with Crippen molar-refractivity contribution < 1.29 is 14.3 Å². The summed E-state index contributed by atoms with van der Waals surface area (Å²) in [6.45, 7) is 0.0455. The molecule has 0 aliphatic rings. The molecular weight excluding hydrogens is 352 g/mol. The van der Waals surface area contributed by atoms with E-state index in [1.165, 1.54) is 24.5 Å². The molecule has 2 aromatic heterocycles. The fourth-order valence-corrected chi connectivity index (χ4v) is 3.53. The second-order valence-electron chi connectivity index (χ2n) is 5.74. The first kappa shape index (κ1) is 17.9. The van der Waals surface area contributed by atoms with E-state index < -0.39 is 12.0 Å². The third kappa shape index (κ3) is 4.00. The van der Waals surface area contributed by atoms with Gasteiger partial charge in [0.05, 0.1) is 25.1 Å². The van der Waals surface area contributed by atoms with Crippen molar-refractivity contribution in [3.8, 4) is 0 Å². The molecule has 0 bridgehead atoms. The largest absolute Gasteiger partial charge is 0.469 e. The first-order valence-corrected chi connectivity index (χ1v) is 8.94. The molecule has 1 atom stereocenters. The number of benzene rings is 1. The number of para-hydroxylation sites is 1. The van der Waals surface area contributed by atoms with Crippen LogP contribution in [0.1, 0.15) is 17.3 Å². The average Bonchev–Trinajstić information content (AvgIpc) is 3.18. The minimum atomic E-state index is -0.444. The quantitative estimate of drug-likeness (QED) is 0.676. The number of hydrogen-bond donors (Lipinski definition) is 1. The maximum Gasteiger partial charge on any atom is 0.307 e. The lowest BCUT2D eigenvalue weighted by atomic mass is 10.1. The fourth-order valence-electron chi connectivity index (χ4n) is 2.76. The van der Waals surface area contributed by atoms with Gasteiger partial charge in [-0.25, -0.2) is 0 Å². The van der Waals surface area contributed by atoms with Crippen molar-refractivity contribution >= 4 is 34.1 Å². The van der Waals surface area contributed by atoms with Gasteiger partial charge < -0.3 is 14.6 Å². The molecule has 1 N–H and O–H groups in total. The van der Waals surface area contributed by atoms with Crippen LogP contribution < -0.4 is 10.7 Å². The van der Waals surface area contributed by atoms with Gasteiger partial charge in [-0.1, -0.05) is 18.2 Å². The predicted octanol–water partition coefficient (Wildman–Crippen LogP) is 2.48. The van der Waals surface area contributed by atoms with Crippen LogP contribution in [0.2, 0.25) is 0 Å². The van der Waals surface area contributed by atoms with Crippen LogP contribution in [0.15, 0.2) is 58.8 Å². The molecule has 6 nitrogen and oxygen atoms in total. The summed E-state index contributed by atoms with van der Waals surface area (Å²) in [6, 6.07) is 11.9. The molecule has 134 valence electrons. The van der Waals surface area contributed by atoms with Gasteiger partial charge in [0.1, 0.15) is 6.54 Å². The number of methoxy groups -OCH3 is 1. The second kappa shape index (κ2) is 7.97. The maximum absolute atomic E-state index is 12.6. The van der Waals surface area contributed by atoms with Crippen molar-refractivity contribution in [1.29, 1.82) is 0 Å². The maximum atomic E-state index is 12.6. The molecule has 26 heavy (non-hydrogen) atoms. The topological polar surface area (TPSA) is 77.4 Å². The van der Waals surface area contributed by atoms with Crippen molar-refractivity contribution in [1.82, 2.24) is 9.88 Å². The number of rotatable bonds is 6. The van der Waals surface area contributed by atoms with Gasteiger partial charge in [0, 0.05) is 22.5 Å². The van der Waals surface area contributed by atoms with Crippen LogP contribution in [-0.4, -0.2) is 23.6 Å². The predicted molar refractivity (Wildman–Crippen MR) is 100 cm³/mol. The zero-order valence-corrected chi connectivity index (χ0v) is 15.0. The first-order chi connectivity index (χ1) is 12.6. The molecule has 0 aliphatic carbocycles. The zero-order valence-electron chi connectivity index (χ0n) is 14.2.